The van der Waals surface area contributed by atoms with Gasteiger partial charge in [0.1, 0.15) is 11.4 Å². The maximum atomic E-state index is 11.3. The van der Waals surface area contributed by atoms with E-state index in [0.29, 0.717) is 11.1 Å². The van der Waals surface area contributed by atoms with Crippen LogP contribution in [0.5, 0.6) is 5.75 Å². The fraction of sp³-hybridized carbons (Fsp3) is 0. The minimum absolute atomic E-state index is 0. The van der Waals surface area contributed by atoms with Crippen molar-refractivity contribution in [1.29, 1.82) is 0 Å². The van der Waals surface area contributed by atoms with Crippen LogP contribution in [0, 0.1) is 0 Å². The number of nitrogens with zero attached hydrogens (tertiary/aromatic N) is 2. The van der Waals surface area contributed by atoms with Gasteiger partial charge in [-0.25, -0.2) is 0 Å². The molecule has 3 rings (SSSR count). The second-order valence-corrected chi connectivity index (χ2v) is 6.48. The molecule has 0 bridgehead atoms. The predicted octanol–water partition coefficient (Wildman–Crippen LogP) is 3.41. The summed E-state index contributed by atoms with van der Waals surface area (Å²) in [6, 6.07) is 14.2. The van der Waals surface area contributed by atoms with E-state index in [2.05, 4.69) is 10.2 Å². The second kappa shape index (κ2) is 7.51. The minimum Gasteiger partial charge on any atom is -0.507 e. The standard InChI is InChI=1S/C16H13N3O4S.Na/c17-13-7-6-10-8-12(24(21,22)23)9-14(20)15(10)16(13)19-18-11-4-2-1-3-5-11;/h1-9,20H,17H2,(H,21,22,23);. The molecule has 123 valence electrons. The maximum Gasteiger partial charge on any atom is 0.294 e. The largest absolute Gasteiger partial charge is 0.507 e. The van der Waals surface area contributed by atoms with Gasteiger partial charge in [-0.1, -0.05) is 24.3 Å². The Labute approximate surface area is 166 Å². The molecule has 0 aromatic heterocycles. The molecule has 0 aliphatic heterocycles. The summed E-state index contributed by atoms with van der Waals surface area (Å²) in [5.41, 5.74) is 7.00. The third kappa shape index (κ3) is 4.17. The van der Waals surface area contributed by atoms with Crippen LogP contribution in [0.4, 0.5) is 17.1 Å². The average molecular weight is 366 g/mol. The summed E-state index contributed by atoms with van der Waals surface area (Å²) in [4.78, 5) is -0.414. The number of azo groups is 1. The molecule has 25 heavy (non-hydrogen) atoms. The number of hydrogen-bond acceptors (Lipinski definition) is 6. The normalized spacial score (nSPS) is 11.6. The van der Waals surface area contributed by atoms with Gasteiger partial charge in [0.05, 0.1) is 21.7 Å². The van der Waals surface area contributed by atoms with Crippen molar-refractivity contribution in [1.82, 2.24) is 0 Å². The second-order valence-electron chi connectivity index (χ2n) is 5.05. The zero-order valence-electron chi connectivity index (χ0n) is 13.3. The van der Waals surface area contributed by atoms with Gasteiger partial charge in [-0.2, -0.15) is 13.5 Å². The Morgan fingerprint density at radius 2 is 1.64 bits per heavy atom. The van der Waals surface area contributed by atoms with E-state index < -0.39 is 15.0 Å². The van der Waals surface area contributed by atoms with Gasteiger partial charge in [0.25, 0.3) is 10.1 Å². The van der Waals surface area contributed by atoms with E-state index in [4.69, 9.17) is 10.3 Å². The molecule has 0 saturated carbocycles. The monoisotopic (exact) mass is 366 g/mol. The number of phenolic OH excluding ortho intramolecular Hbond substituents is 1. The molecule has 3 aromatic rings. The summed E-state index contributed by atoms with van der Waals surface area (Å²) in [6.45, 7) is 0. The van der Waals surface area contributed by atoms with Gasteiger partial charge in [0, 0.05) is 35.6 Å². The van der Waals surface area contributed by atoms with Crippen LogP contribution < -0.4 is 5.73 Å². The van der Waals surface area contributed by atoms with Gasteiger partial charge in [-0.3, -0.25) is 4.55 Å². The van der Waals surface area contributed by atoms with Crippen molar-refractivity contribution in [2.75, 3.05) is 5.73 Å². The SMILES string of the molecule is Nc1ccc2cc(S(=O)(=O)O)cc(O)c2c1N=Nc1ccccc1.[Na]. The summed E-state index contributed by atoms with van der Waals surface area (Å²) < 4.78 is 31.7. The zero-order chi connectivity index (χ0) is 17.3. The average Bonchev–Trinajstić information content (AvgIpc) is 2.54. The molecule has 0 saturated heterocycles. The summed E-state index contributed by atoms with van der Waals surface area (Å²) in [6.07, 6.45) is 0. The number of nitrogens with two attached hydrogens (primary N) is 1. The molecule has 0 spiro atoms. The zero-order valence-corrected chi connectivity index (χ0v) is 16.1. The molecule has 1 radical (unpaired) electrons. The van der Waals surface area contributed by atoms with Crippen LogP contribution in [0.25, 0.3) is 10.8 Å². The van der Waals surface area contributed by atoms with E-state index in [-0.39, 0.29) is 52.1 Å². The molecule has 0 fully saturated rings. The smallest absolute Gasteiger partial charge is 0.294 e. The van der Waals surface area contributed by atoms with Gasteiger partial charge >= 0.3 is 0 Å². The van der Waals surface area contributed by atoms with Crippen LogP contribution in [-0.2, 0) is 10.1 Å². The Bertz CT molecular complexity index is 1050. The molecule has 4 N–H and O–H groups in total. The van der Waals surface area contributed by atoms with Gasteiger partial charge in [-0.15, -0.1) is 5.11 Å². The maximum absolute atomic E-state index is 11.3. The molecule has 0 aliphatic rings. The van der Waals surface area contributed by atoms with E-state index >= 15 is 0 Å². The third-order valence-electron chi connectivity index (χ3n) is 3.39. The minimum atomic E-state index is -4.44. The van der Waals surface area contributed by atoms with E-state index in [1.54, 1.807) is 24.3 Å². The molecule has 0 unspecified atom stereocenters. The van der Waals surface area contributed by atoms with E-state index in [0.717, 1.165) is 6.07 Å². The van der Waals surface area contributed by atoms with Crippen molar-refractivity contribution >= 4 is 67.5 Å². The predicted molar refractivity (Wildman–Crippen MR) is 96.2 cm³/mol. The number of anilines is 1. The summed E-state index contributed by atoms with van der Waals surface area (Å²) in [5, 5.41) is 18.9. The topological polar surface area (TPSA) is 125 Å². The molecule has 0 aliphatic carbocycles. The number of nitrogen functional groups attached to an aromatic ring is 1. The van der Waals surface area contributed by atoms with Crippen LogP contribution in [0.15, 0.2) is 69.7 Å². The van der Waals surface area contributed by atoms with Crippen molar-refractivity contribution in [3.63, 3.8) is 0 Å². The molecule has 0 atom stereocenters. The summed E-state index contributed by atoms with van der Waals surface area (Å²) in [5.74, 6) is -0.366. The van der Waals surface area contributed by atoms with Crippen LogP contribution in [0.3, 0.4) is 0 Å². The first-order chi connectivity index (χ1) is 11.4. The molecular weight excluding hydrogens is 353 g/mol. The molecule has 0 amide bonds. The van der Waals surface area contributed by atoms with Gasteiger partial charge in [0.15, 0.2) is 0 Å². The summed E-state index contributed by atoms with van der Waals surface area (Å²) in [7, 11) is -4.44. The van der Waals surface area contributed by atoms with Crippen LogP contribution >= 0.6 is 0 Å². The molecule has 3 aromatic carbocycles. The Morgan fingerprint density at radius 1 is 0.960 bits per heavy atom. The fourth-order valence-electron chi connectivity index (χ4n) is 2.27. The molecule has 0 heterocycles. The van der Waals surface area contributed by atoms with Crippen LogP contribution in [0.2, 0.25) is 0 Å². The first-order valence-electron chi connectivity index (χ1n) is 6.86. The van der Waals surface area contributed by atoms with Gasteiger partial charge in [0.2, 0.25) is 0 Å². The van der Waals surface area contributed by atoms with Crippen molar-refractivity contribution < 1.29 is 18.1 Å². The van der Waals surface area contributed by atoms with Crippen LogP contribution in [-0.4, -0.2) is 47.6 Å². The van der Waals surface area contributed by atoms with Crippen molar-refractivity contribution in [3.8, 4) is 5.75 Å². The van der Waals surface area contributed by atoms with Gasteiger partial charge in [-0.05, 0) is 29.7 Å². The van der Waals surface area contributed by atoms with Crippen molar-refractivity contribution in [2.45, 2.75) is 4.90 Å². The first kappa shape index (κ1) is 19.4. The van der Waals surface area contributed by atoms with Crippen LogP contribution in [0.1, 0.15) is 0 Å². The molecule has 7 nitrogen and oxygen atoms in total. The number of benzene rings is 3. The number of rotatable bonds is 3. The van der Waals surface area contributed by atoms with E-state index in [1.165, 1.54) is 18.2 Å². The van der Waals surface area contributed by atoms with Gasteiger partial charge < -0.3 is 10.8 Å². The number of phenols is 1. The number of aromatic hydroxyl groups is 1. The fourth-order valence-corrected chi connectivity index (χ4v) is 2.81. The summed E-state index contributed by atoms with van der Waals surface area (Å²) >= 11 is 0. The third-order valence-corrected chi connectivity index (χ3v) is 4.23. The number of hydrogen-bond donors (Lipinski definition) is 3. The quantitative estimate of drug-likeness (QED) is 0.283. The Balaban J connectivity index is 0.00000225. The molecular formula is C16H13N3NaO4S. The Morgan fingerprint density at radius 3 is 2.28 bits per heavy atom. The number of fused-ring (bicyclic) bond motifs is 1. The van der Waals surface area contributed by atoms with Crippen molar-refractivity contribution in [3.05, 3.63) is 54.6 Å². The van der Waals surface area contributed by atoms with Crippen molar-refractivity contribution in [2.24, 2.45) is 10.2 Å². The van der Waals surface area contributed by atoms with E-state index in [1.807, 2.05) is 6.07 Å². The first-order valence-corrected chi connectivity index (χ1v) is 8.30. The molecule has 9 heteroatoms. The Hall–Kier alpha value is -1.97. The Kier molecular flexibility index (Phi) is 5.81. The van der Waals surface area contributed by atoms with E-state index in [9.17, 15) is 13.5 Å².